The maximum atomic E-state index is 10.8. The fraction of sp³-hybridized carbons (Fsp3) is 0.375. The first-order valence-electron chi connectivity index (χ1n) is 3.47. The van der Waals surface area contributed by atoms with E-state index in [0.717, 1.165) is 0 Å². The molecule has 0 spiro atoms. The number of hydrogen-bond acceptors (Lipinski definition) is 4. The van der Waals surface area contributed by atoms with E-state index in [1.165, 1.54) is 6.92 Å². The van der Waals surface area contributed by atoms with Gasteiger partial charge in [0.05, 0.1) is 0 Å². The normalized spacial score (nSPS) is 8.83. The van der Waals surface area contributed by atoms with Crippen molar-refractivity contribution in [2.24, 2.45) is 0 Å². The number of allylic oxidation sites excluding steroid dienone is 1. The lowest BCUT2D eigenvalue weighted by Crippen LogP contribution is -2.06. The van der Waals surface area contributed by atoms with Crippen molar-refractivity contribution in [3.05, 3.63) is 23.9 Å². The molecule has 0 unspecified atom stereocenters. The Morgan fingerprint density at radius 3 is 2.25 bits per heavy atom. The van der Waals surface area contributed by atoms with Crippen LogP contribution in [0.1, 0.15) is 20.3 Å². The van der Waals surface area contributed by atoms with E-state index in [4.69, 9.17) is 10.2 Å². The van der Waals surface area contributed by atoms with Gasteiger partial charge in [0, 0.05) is 12.0 Å². The van der Waals surface area contributed by atoms with Crippen molar-refractivity contribution in [3.63, 3.8) is 0 Å². The highest BCUT2D eigenvalue weighted by Gasteiger charge is 2.10. The highest BCUT2D eigenvalue weighted by atomic mass is 16.6. The van der Waals surface area contributed by atoms with Crippen LogP contribution in [0.5, 0.6) is 0 Å². The van der Waals surface area contributed by atoms with Crippen molar-refractivity contribution < 1.29 is 19.7 Å². The SMILES string of the molecule is C=C(C)C(=O)OC(CC)=C(O)O. The summed E-state index contributed by atoms with van der Waals surface area (Å²) >= 11 is 0. The second-order valence-electron chi connectivity index (χ2n) is 2.27. The summed E-state index contributed by atoms with van der Waals surface area (Å²) in [7, 11) is 0. The Morgan fingerprint density at radius 1 is 1.50 bits per heavy atom. The summed E-state index contributed by atoms with van der Waals surface area (Å²) in [6.45, 7) is 6.45. The lowest BCUT2D eigenvalue weighted by molar-refractivity contribution is -0.136. The fourth-order valence-electron chi connectivity index (χ4n) is 0.475. The molecule has 0 radical (unpaired) electrons. The second kappa shape index (κ2) is 4.43. The van der Waals surface area contributed by atoms with Crippen LogP contribution >= 0.6 is 0 Å². The van der Waals surface area contributed by atoms with E-state index < -0.39 is 11.9 Å². The molecule has 2 N–H and O–H groups in total. The first kappa shape index (κ1) is 10.6. The van der Waals surface area contributed by atoms with Crippen molar-refractivity contribution in [2.75, 3.05) is 0 Å². The van der Waals surface area contributed by atoms with Crippen LogP contribution in [0.3, 0.4) is 0 Å². The highest BCUT2D eigenvalue weighted by Crippen LogP contribution is 2.08. The first-order chi connectivity index (χ1) is 5.49. The van der Waals surface area contributed by atoms with Gasteiger partial charge in [-0.3, -0.25) is 0 Å². The van der Waals surface area contributed by atoms with E-state index in [2.05, 4.69) is 11.3 Å². The number of carbonyl (C=O) groups excluding carboxylic acids is 1. The van der Waals surface area contributed by atoms with Gasteiger partial charge in [-0.15, -0.1) is 0 Å². The summed E-state index contributed by atoms with van der Waals surface area (Å²) in [6, 6.07) is 0. The van der Waals surface area contributed by atoms with Crippen LogP contribution in [0.2, 0.25) is 0 Å². The smallest absolute Gasteiger partial charge is 0.338 e. The van der Waals surface area contributed by atoms with Crippen LogP contribution in [0.15, 0.2) is 23.9 Å². The quantitative estimate of drug-likeness (QED) is 0.387. The maximum Gasteiger partial charge on any atom is 0.338 e. The van der Waals surface area contributed by atoms with Crippen LogP contribution in [0.4, 0.5) is 0 Å². The number of rotatable bonds is 3. The van der Waals surface area contributed by atoms with Crippen molar-refractivity contribution >= 4 is 5.97 Å². The molecule has 0 rings (SSSR count). The zero-order valence-corrected chi connectivity index (χ0v) is 7.13. The molecule has 0 heterocycles. The standard InChI is InChI=1S/C8H12O4/c1-4-6(7(9)10)12-8(11)5(2)3/h9-10H,2,4H2,1,3H3. The molecule has 0 atom stereocenters. The molecule has 0 aromatic rings. The molecular weight excluding hydrogens is 160 g/mol. The highest BCUT2D eigenvalue weighted by molar-refractivity contribution is 5.87. The van der Waals surface area contributed by atoms with Gasteiger partial charge in [0.25, 0.3) is 0 Å². The monoisotopic (exact) mass is 172 g/mol. The summed E-state index contributed by atoms with van der Waals surface area (Å²) in [5, 5.41) is 17.1. The predicted molar refractivity (Wildman–Crippen MR) is 43.5 cm³/mol. The Morgan fingerprint density at radius 2 is 2.00 bits per heavy atom. The van der Waals surface area contributed by atoms with Crippen LogP contribution in [-0.4, -0.2) is 16.2 Å². The maximum absolute atomic E-state index is 10.8. The number of ether oxygens (including phenoxy) is 1. The van der Waals surface area contributed by atoms with Gasteiger partial charge < -0.3 is 14.9 Å². The van der Waals surface area contributed by atoms with Crippen molar-refractivity contribution in [2.45, 2.75) is 20.3 Å². The van der Waals surface area contributed by atoms with E-state index in [9.17, 15) is 4.79 Å². The largest absolute Gasteiger partial charge is 0.479 e. The number of esters is 1. The molecule has 0 saturated heterocycles. The first-order valence-corrected chi connectivity index (χ1v) is 3.47. The van der Waals surface area contributed by atoms with E-state index in [1.54, 1.807) is 6.92 Å². The van der Waals surface area contributed by atoms with Crippen LogP contribution in [0.25, 0.3) is 0 Å². The van der Waals surface area contributed by atoms with E-state index in [0.29, 0.717) is 0 Å². The van der Waals surface area contributed by atoms with Gasteiger partial charge in [-0.25, -0.2) is 4.79 Å². The van der Waals surface area contributed by atoms with Crippen molar-refractivity contribution in [1.29, 1.82) is 0 Å². The summed E-state index contributed by atoms with van der Waals surface area (Å²) in [5.41, 5.74) is 0.210. The van der Waals surface area contributed by atoms with Crippen LogP contribution in [-0.2, 0) is 9.53 Å². The van der Waals surface area contributed by atoms with Crippen molar-refractivity contribution in [3.8, 4) is 0 Å². The average Bonchev–Trinajstić information content (AvgIpc) is 1.98. The molecule has 4 nitrogen and oxygen atoms in total. The van der Waals surface area contributed by atoms with E-state index >= 15 is 0 Å². The Balaban J connectivity index is 4.34. The van der Waals surface area contributed by atoms with Gasteiger partial charge in [0.2, 0.25) is 0 Å². The van der Waals surface area contributed by atoms with Gasteiger partial charge in [-0.05, 0) is 6.92 Å². The molecule has 0 aliphatic rings. The van der Waals surface area contributed by atoms with Gasteiger partial charge >= 0.3 is 11.9 Å². The van der Waals surface area contributed by atoms with E-state index in [1.807, 2.05) is 0 Å². The Kier molecular flexibility index (Phi) is 3.90. The lowest BCUT2D eigenvalue weighted by Gasteiger charge is -2.05. The molecule has 0 saturated carbocycles. The molecule has 0 fully saturated rings. The minimum Gasteiger partial charge on any atom is -0.479 e. The fourth-order valence-corrected chi connectivity index (χ4v) is 0.475. The lowest BCUT2D eigenvalue weighted by atomic mass is 10.3. The molecule has 12 heavy (non-hydrogen) atoms. The molecular formula is C8H12O4. The summed E-state index contributed by atoms with van der Waals surface area (Å²) in [6.07, 6.45) is 0.237. The minimum atomic E-state index is -0.966. The second-order valence-corrected chi connectivity index (χ2v) is 2.27. The average molecular weight is 172 g/mol. The van der Waals surface area contributed by atoms with Gasteiger partial charge in [0.15, 0.2) is 5.76 Å². The van der Waals surface area contributed by atoms with Crippen LogP contribution < -0.4 is 0 Å². The molecule has 0 aromatic heterocycles. The third kappa shape index (κ3) is 3.09. The summed E-state index contributed by atoms with van der Waals surface area (Å²) in [5.74, 6) is -1.78. The minimum absolute atomic E-state index is 0.150. The number of aliphatic hydroxyl groups is 2. The van der Waals surface area contributed by atoms with Crippen LogP contribution in [0, 0.1) is 0 Å². The predicted octanol–water partition coefficient (Wildman–Crippen LogP) is 1.80. The van der Waals surface area contributed by atoms with Gasteiger partial charge in [-0.1, -0.05) is 13.5 Å². The zero-order chi connectivity index (χ0) is 9.72. The molecule has 4 heteroatoms. The number of carbonyl (C=O) groups is 1. The Bertz CT molecular complexity index is 223. The van der Waals surface area contributed by atoms with E-state index in [-0.39, 0.29) is 17.8 Å². The zero-order valence-electron chi connectivity index (χ0n) is 7.13. The molecule has 0 aliphatic carbocycles. The Labute approximate surface area is 70.8 Å². The van der Waals surface area contributed by atoms with Gasteiger partial charge in [0.1, 0.15) is 0 Å². The third-order valence-electron chi connectivity index (χ3n) is 1.13. The molecule has 68 valence electrons. The number of aliphatic hydroxyl groups excluding tert-OH is 1. The number of hydrogen-bond donors (Lipinski definition) is 2. The summed E-state index contributed by atoms with van der Waals surface area (Å²) < 4.78 is 4.56. The van der Waals surface area contributed by atoms with Crippen molar-refractivity contribution in [1.82, 2.24) is 0 Å². The molecule has 0 amide bonds. The van der Waals surface area contributed by atoms with Gasteiger partial charge in [-0.2, -0.15) is 0 Å². The molecule has 0 aliphatic heterocycles. The molecule has 0 aromatic carbocycles. The molecule has 0 bridgehead atoms. The third-order valence-corrected chi connectivity index (χ3v) is 1.13. The topological polar surface area (TPSA) is 66.8 Å². The summed E-state index contributed by atoms with van der Waals surface area (Å²) in [4.78, 5) is 10.8. The Hall–Kier alpha value is -1.45.